The second-order valence-electron chi connectivity index (χ2n) is 5.83. The molecule has 0 amide bonds. The Bertz CT molecular complexity index is 642. The monoisotopic (exact) mass is 358 g/mol. The zero-order valence-electron chi connectivity index (χ0n) is 15.0. The Morgan fingerprint density at radius 3 is 2.12 bits per heavy atom. The molecule has 2 rings (SSSR count). The Morgan fingerprint density at radius 2 is 1.54 bits per heavy atom. The smallest absolute Gasteiger partial charge is 0.177 e. The molecule has 5 nitrogen and oxygen atoms in total. The van der Waals surface area contributed by atoms with Crippen LogP contribution in [0.4, 0.5) is 0 Å². The third kappa shape index (κ3) is 7.37. The summed E-state index contributed by atoms with van der Waals surface area (Å²) in [6.07, 6.45) is -0.0792. The van der Waals surface area contributed by atoms with Crippen LogP contribution in [0, 0.1) is 0 Å². The Hall–Kier alpha value is -2.18. The molecule has 0 spiro atoms. The summed E-state index contributed by atoms with van der Waals surface area (Å²) in [7, 11) is 1.36. The van der Waals surface area contributed by atoms with Gasteiger partial charge in [0.25, 0.3) is 0 Å². The molecule has 2 aromatic rings. The van der Waals surface area contributed by atoms with E-state index in [0.29, 0.717) is 26.2 Å². The van der Waals surface area contributed by atoms with Crippen molar-refractivity contribution in [2.75, 3.05) is 13.7 Å². The van der Waals surface area contributed by atoms with Crippen molar-refractivity contribution in [3.63, 3.8) is 0 Å². The van der Waals surface area contributed by atoms with Gasteiger partial charge >= 0.3 is 0 Å². The summed E-state index contributed by atoms with van der Waals surface area (Å²) < 4.78 is 16.2. The van der Waals surface area contributed by atoms with Crippen molar-refractivity contribution >= 4 is 0 Å². The van der Waals surface area contributed by atoms with Crippen LogP contribution in [-0.4, -0.2) is 36.3 Å². The zero-order valence-corrected chi connectivity index (χ0v) is 15.0. The number of aliphatic hydroxyl groups is 2. The van der Waals surface area contributed by atoms with Crippen molar-refractivity contribution in [3.05, 3.63) is 83.6 Å². The summed E-state index contributed by atoms with van der Waals surface area (Å²) in [4.78, 5) is 0. The Kier molecular flexibility index (Phi) is 8.86. The molecular weight excluding hydrogens is 332 g/mol. The van der Waals surface area contributed by atoms with E-state index in [9.17, 15) is 10.2 Å². The van der Waals surface area contributed by atoms with Gasteiger partial charge in [0.05, 0.1) is 13.2 Å². The lowest BCUT2D eigenvalue weighted by Crippen LogP contribution is -2.20. The van der Waals surface area contributed by atoms with Crippen LogP contribution in [0.15, 0.2) is 72.5 Å². The van der Waals surface area contributed by atoms with Gasteiger partial charge in [0.15, 0.2) is 6.29 Å². The zero-order chi connectivity index (χ0) is 18.6. The lowest BCUT2D eigenvalue weighted by molar-refractivity contribution is -0.0427. The molecule has 0 bridgehead atoms. The van der Waals surface area contributed by atoms with Gasteiger partial charge in [-0.1, -0.05) is 60.7 Å². The summed E-state index contributed by atoms with van der Waals surface area (Å²) in [5.74, 6) is -0.0707. The maximum Gasteiger partial charge on any atom is 0.177 e. The molecule has 0 aliphatic heterocycles. The van der Waals surface area contributed by atoms with Crippen molar-refractivity contribution in [2.24, 2.45) is 0 Å². The molecule has 0 aliphatic carbocycles. The molecule has 140 valence electrons. The minimum absolute atomic E-state index is 0.0707. The molecular formula is C21H26O5. The lowest BCUT2D eigenvalue weighted by Gasteiger charge is -2.18. The maximum absolute atomic E-state index is 10.2. The molecule has 0 fully saturated rings. The van der Waals surface area contributed by atoms with Crippen LogP contribution in [0.3, 0.4) is 0 Å². The van der Waals surface area contributed by atoms with Gasteiger partial charge in [0, 0.05) is 26.2 Å². The second-order valence-corrected chi connectivity index (χ2v) is 5.83. The van der Waals surface area contributed by atoms with Gasteiger partial charge in [-0.2, -0.15) is 0 Å². The van der Waals surface area contributed by atoms with Gasteiger partial charge in [-0.3, -0.25) is 0 Å². The molecule has 0 unspecified atom stereocenters. The van der Waals surface area contributed by atoms with Crippen LogP contribution < -0.4 is 0 Å². The highest BCUT2D eigenvalue weighted by molar-refractivity contribution is 5.14. The van der Waals surface area contributed by atoms with E-state index in [2.05, 4.69) is 0 Å². The molecule has 26 heavy (non-hydrogen) atoms. The minimum Gasteiger partial charge on any atom is -0.510 e. The predicted octanol–water partition coefficient (Wildman–Crippen LogP) is 3.59. The van der Waals surface area contributed by atoms with E-state index in [-0.39, 0.29) is 5.76 Å². The summed E-state index contributed by atoms with van der Waals surface area (Å²) in [5.41, 5.74) is 2.09. The predicted molar refractivity (Wildman–Crippen MR) is 99.5 cm³/mol. The number of rotatable bonds is 11. The van der Waals surface area contributed by atoms with E-state index in [4.69, 9.17) is 14.2 Å². The highest BCUT2D eigenvalue weighted by Gasteiger charge is 2.16. The van der Waals surface area contributed by atoms with Gasteiger partial charge in [-0.15, -0.1) is 0 Å². The van der Waals surface area contributed by atoms with Crippen molar-refractivity contribution < 1.29 is 24.4 Å². The normalized spacial score (nSPS) is 14.2. The van der Waals surface area contributed by atoms with Crippen molar-refractivity contribution in [1.29, 1.82) is 0 Å². The Morgan fingerprint density at radius 1 is 0.962 bits per heavy atom. The van der Waals surface area contributed by atoms with E-state index in [1.165, 1.54) is 13.2 Å². The Labute approximate surface area is 154 Å². The maximum atomic E-state index is 10.2. The third-order valence-corrected chi connectivity index (χ3v) is 3.81. The molecule has 5 heteroatoms. The van der Waals surface area contributed by atoms with Crippen LogP contribution in [-0.2, 0) is 27.4 Å². The van der Waals surface area contributed by atoms with Crippen molar-refractivity contribution in [3.8, 4) is 0 Å². The summed E-state index contributed by atoms with van der Waals surface area (Å²) in [5, 5.41) is 19.8. The molecule has 0 saturated carbocycles. The molecule has 2 N–H and O–H groups in total. The second kappa shape index (κ2) is 11.4. The average Bonchev–Trinajstić information content (AvgIpc) is 2.68. The fourth-order valence-corrected chi connectivity index (χ4v) is 2.36. The first-order valence-electron chi connectivity index (χ1n) is 8.57. The van der Waals surface area contributed by atoms with Crippen molar-refractivity contribution in [1.82, 2.24) is 0 Å². The number of hydrogen-bond donors (Lipinski definition) is 2. The van der Waals surface area contributed by atoms with Crippen molar-refractivity contribution in [2.45, 2.75) is 32.0 Å². The number of methoxy groups -OCH3 is 1. The first-order valence-corrected chi connectivity index (χ1v) is 8.57. The van der Waals surface area contributed by atoms with Gasteiger partial charge in [-0.25, -0.2) is 0 Å². The highest BCUT2D eigenvalue weighted by atomic mass is 16.6. The quantitative estimate of drug-likeness (QED) is 0.365. The largest absolute Gasteiger partial charge is 0.510 e. The number of benzene rings is 2. The number of ether oxygens (including phenoxy) is 3. The van der Waals surface area contributed by atoms with Crippen LogP contribution in [0.1, 0.15) is 17.5 Å². The van der Waals surface area contributed by atoms with Crippen LogP contribution in [0.2, 0.25) is 0 Å². The Balaban J connectivity index is 1.88. The van der Waals surface area contributed by atoms with Gasteiger partial charge in [-0.05, 0) is 11.1 Å². The molecule has 0 heterocycles. The first kappa shape index (κ1) is 20.1. The topological polar surface area (TPSA) is 68.2 Å². The molecule has 0 saturated heterocycles. The fourth-order valence-electron chi connectivity index (χ4n) is 2.36. The third-order valence-electron chi connectivity index (χ3n) is 3.81. The van der Waals surface area contributed by atoms with Crippen LogP contribution >= 0.6 is 0 Å². The number of hydrogen-bond acceptors (Lipinski definition) is 5. The van der Waals surface area contributed by atoms with E-state index in [1.807, 2.05) is 60.7 Å². The average molecular weight is 358 g/mol. The lowest BCUT2D eigenvalue weighted by atomic mass is 10.2. The first-order chi connectivity index (χ1) is 12.7. The van der Waals surface area contributed by atoms with E-state index < -0.39 is 12.4 Å². The summed E-state index contributed by atoms with van der Waals surface area (Å²) >= 11 is 0. The molecule has 2 atom stereocenters. The van der Waals surface area contributed by atoms with Crippen LogP contribution in [0.25, 0.3) is 0 Å². The van der Waals surface area contributed by atoms with Gasteiger partial charge < -0.3 is 24.4 Å². The number of aliphatic hydroxyl groups excluding tert-OH is 2. The summed E-state index contributed by atoms with van der Waals surface area (Å²) in [6, 6.07) is 19.6. The fraction of sp³-hybridized carbons (Fsp3) is 0.333. The molecule has 2 aromatic carbocycles. The van der Waals surface area contributed by atoms with Gasteiger partial charge in [0.2, 0.25) is 0 Å². The van der Waals surface area contributed by atoms with E-state index in [1.54, 1.807) is 0 Å². The highest BCUT2D eigenvalue weighted by Crippen LogP contribution is 2.14. The molecule has 0 aliphatic rings. The van der Waals surface area contributed by atoms with Crippen LogP contribution in [0.5, 0.6) is 0 Å². The summed E-state index contributed by atoms with van der Waals surface area (Å²) in [6.45, 7) is 1.26. The standard InChI is InChI=1S/C21H26O5/c1-24-21(23)14-19(22)20(26-16-18-10-6-3-7-11-18)12-13-25-15-17-8-4-2-5-9-17/h2-11,14,20-23H,12-13,15-16H2,1H3/b19-14-/t20-,21-/m1/s1. The minimum atomic E-state index is -1.18. The van der Waals surface area contributed by atoms with Gasteiger partial charge in [0.1, 0.15) is 11.9 Å². The molecule has 0 radical (unpaired) electrons. The van der Waals surface area contributed by atoms with E-state index in [0.717, 1.165) is 11.1 Å². The SMILES string of the molecule is CO[C@@H](O)/C=C(\O)[C@@H](CCOCc1ccccc1)OCc1ccccc1. The molecule has 0 aromatic heterocycles. The van der Waals surface area contributed by atoms with E-state index >= 15 is 0 Å².